The number of aromatic amines is 1. The molecular weight excluding hydrogens is 232 g/mol. The van der Waals surface area contributed by atoms with Gasteiger partial charge in [-0.25, -0.2) is 5.10 Å². The highest BCUT2D eigenvalue weighted by Crippen LogP contribution is 2.35. The summed E-state index contributed by atoms with van der Waals surface area (Å²) in [6.07, 6.45) is 0.819. The number of H-pyrrole nitrogens is 1. The van der Waals surface area contributed by atoms with Crippen molar-refractivity contribution in [3.05, 3.63) is 22.5 Å². The minimum absolute atomic E-state index is 0.0398. The van der Waals surface area contributed by atoms with Crippen molar-refractivity contribution >= 4 is 11.7 Å². The van der Waals surface area contributed by atoms with Gasteiger partial charge in [0.2, 0.25) is 5.91 Å². The molecule has 1 amide bonds. The number of anilines is 1. The Balaban J connectivity index is 2.15. The lowest BCUT2D eigenvalue weighted by Crippen LogP contribution is -2.42. The standard InChI is InChI=1S/C12H18N4O2/c1-8(2)12(5-6-13-7-12)11(18)14-9-3-4-10(17)16-15-9/h3-4,8,13H,5-7H2,1-2H3,(H,16,17)(H,14,15,18). The molecule has 1 aromatic heterocycles. The second-order valence-electron chi connectivity index (χ2n) is 5.00. The average Bonchev–Trinajstić information content (AvgIpc) is 2.82. The maximum atomic E-state index is 12.4. The van der Waals surface area contributed by atoms with Crippen molar-refractivity contribution in [2.45, 2.75) is 20.3 Å². The fourth-order valence-electron chi connectivity index (χ4n) is 2.31. The maximum Gasteiger partial charge on any atom is 0.264 e. The number of hydrogen-bond donors (Lipinski definition) is 3. The second kappa shape index (κ2) is 4.89. The second-order valence-corrected chi connectivity index (χ2v) is 5.00. The van der Waals surface area contributed by atoms with E-state index in [-0.39, 0.29) is 17.4 Å². The molecule has 0 aliphatic carbocycles. The van der Waals surface area contributed by atoms with E-state index in [1.165, 1.54) is 12.1 Å². The predicted molar refractivity (Wildman–Crippen MR) is 68.2 cm³/mol. The molecule has 1 unspecified atom stereocenters. The van der Waals surface area contributed by atoms with Gasteiger partial charge >= 0.3 is 0 Å². The molecule has 6 nitrogen and oxygen atoms in total. The first-order valence-electron chi connectivity index (χ1n) is 6.12. The quantitative estimate of drug-likeness (QED) is 0.722. The summed E-state index contributed by atoms with van der Waals surface area (Å²) >= 11 is 0. The summed E-state index contributed by atoms with van der Waals surface area (Å²) in [4.78, 5) is 23.3. The van der Waals surface area contributed by atoms with Crippen LogP contribution in [0.4, 0.5) is 5.82 Å². The van der Waals surface area contributed by atoms with Crippen LogP contribution in [0.1, 0.15) is 20.3 Å². The van der Waals surface area contributed by atoms with Gasteiger partial charge in [-0.15, -0.1) is 0 Å². The Bertz CT molecular complexity index is 469. The van der Waals surface area contributed by atoms with Crippen LogP contribution in [-0.2, 0) is 4.79 Å². The first kappa shape index (κ1) is 12.8. The number of rotatable bonds is 3. The molecule has 1 fully saturated rings. The Morgan fingerprint density at radius 2 is 2.28 bits per heavy atom. The third kappa shape index (κ3) is 2.28. The summed E-state index contributed by atoms with van der Waals surface area (Å²) in [5.41, 5.74) is -0.674. The molecule has 0 radical (unpaired) electrons. The van der Waals surface area contributed by atoms with Gasteiger partial charge in [-0.2, -0.15) is 5.10 Å². The highest BCUT2D eigenvalue weighted by atomic mass is 16.2. The molecule has 0 spiro atoms. The average molecular weight is 250 g/mol. The lowest BCUT2D eigenvalue weighted by molar-refractivity contribution is -0.126. The number of carbonyl (C=O) groups excluding carboxylic acids is 1. The molecule has 3 N–H and O–H groups in total. The van der Waals surface area contributed by atoms with E-state index in [2.05, 4.69) is 20.8 Å². The molecule has 0 saturated carbocycles. The van der Waals surface area contributed by atoms with E-state index >= 15 is 0 Å². The lowest BCUT2D eigenvalue weighted by atomic mass is 9.75. The molecule has 2 heterocycles. The van der Waals surface area contributed by atoms with Crippen molar-refractivity contribution in [3.63, 3.8) is 0 Å². The van der Waals surface area contributed by atoms with Gasteiger partial charge in [-0.3, -0.25) is 9.59 Å². The van der Waals surface area contributed by atoms with Crippen molar-refractivity contribution in [1.82, 2.24) is 15.5 Å². The van der Waals surface area contributed by atoms with E-state index < -0.39 is 5.41 Å². The van der Waals surface area contributed by atoms with Crippen LogP contribution in [0.25, 0.3) is 0 Å². The topological polar surface area (TPSA) is 86.9 Å². The van der Waals surface area contributed by atoms with Gasteiger partial charge in [0.15, 0.2) is 5.82 Å². The summed E-state index contributed by atoms with van der Waals surface area (Å²) < 4.78 is 0. The Kier molecular flexibility index (Phi) is 3.47. The monoisotopic (exact) mass is 250 g/mol. The smallest absolute Gasteiger partial charge is 0.264 e. The van der Waals surface area contributed by atoms with Gasteiger partial charge in [-0.05, 0) is 24.9 Å². The van der Waals surface area contributed by atoms with Crippen molar-refractivity contribution < 1.29 is 4.79 Å². The summed E-state index contributed by atoms with van der Waals surface area (Å²) in [7, 11) is 0. The molecule has 0 aromatic carbocycles. The van der Waals surface area contributed by atoms with Gasteiger partial charge in [0.05, 0.1) is 5.41 Å². The third-order valence-corrected chi connectivity index (χ3v) is 3.67. The van der Waals surface area contributed by atoms with E-state index in [4.69, 9.17) is 0 Å². The minimum atomic E-state index is -0.391. The molecule has 6 heteroatoms. The number of nitrogens with zero attached hydrogens (tertiary/aromatic N) is 1. The zero-order valence-corrected chi connectivity index (χ0v) is 10.6. The van der Waals surface area contributed by atoms with Crippen LogP contribution in [0.5, 0.6) is 0 Å². The predicted octanol–water partition coefficient (Wildman–Crippen LogP) is 0.344. The van der Waals surface area contributed by atoms with Crippen LogP contribution in [0.15, 0.2) is 16.9 Å². The zero-order valence-electron chi connectivity index (χ0n) is 10.6. The maximum absolute atomic E-state index is 12.4. The summed E-state index contributed by atoms with van der Waals surface area (Å²) in [6, 6.07) is 2.85. The molecule has 1 aromatic rings. The molecule has 1 aliphatic heterocycles. The van der Waals surface area contributed by atoms with Gasteiger partial charge < -0.3 is 10.6 Å². The van der Waals surface area contributed by atoms with E-state index in [1.807, 2.05) is 13.8 Å². The van der Waals surface area contributed by atoms with Crippen molar-refractivity contribution in [3.8, 4) is 0 Å². The van der Waals surface area contributed by atoms with Gasteiger partial charge in [0.1, 0.15) is 0 Å². The first-order chi connectivity index (χ1) is 8.54. The normalized spacial score (nSPS) is 23.3. The van der Waals surface area contributed by atoms with Crippen molar-refractivity contribution in [2.75, 3.05) is 18.4 Å². The summed E-state index contributed by atoms with van der Waals surface area (Å²) in [5, 5.41) is 12.1. The van der Waals surface area contributed by atoms with Gasteiger partial charge in [0, 0.05) is 12.6 Å². The summed E-state index contributed by atoms with van der Waals surface area (Å²) in [5.74, 6) is 0.587. The minimum Gasteiger partial charge on any atom is -0.316 e. The van der Waals surface area contributed by atoms with E-state index in [0.29, 0.717) is 12.4 Å². The molecule has 98 valence electrons. The summed E-state index contributed by atoms with van der Waals surface area (Å²) in [6.45, 7) is 5.63. The molecular formula is C12H18N4O2. The molecule has 1 aliphatic rings. The SMILES string of the molecule is CC(C)C1(C(=O)Nc2ccc(=O)[nH]n2)CCNC1. The Morgan fingerprint density at radius 1 is 1.50 bits per heavy atom. The number of hydrogen-bond acceptors (Lipinski definition) is 4. The Hall–Kier alpha value is -1.69. The van der Waals surface area contributed by atoms with Crippen LogP contribution < -0.4 is 16.2 Å². The Labute approximate surface area is 105 Å². The highest BCUT2D eigenvalue weighted by Gasteiger charge is 2.43. The third-order valence-electron chi connectivity index (χ3n) is 3.67. The van der Waals surface area contributed by atoms with E-state index in [1.54, 1.807) is 0 Å². The van der Waals surface area contributed by atoms with Crippen molar-refractivity contribution in [1.29, 1.82) is 0 Å². The fraction of sp³-hybridized carbons (Fsp3) is 0.583. The largest absolute Gasteiger partial charge is 0.316 e. The van der Waals surface area contributed by atoms with Gasteiger partial charge in [0.25, 0.3) is 5.56 Å². The molecule has 18 heavy (non-hydrogen) atoms. The number of aromatic nitrogens is 2. The van der Waals surface area contributed by atoms with Crippen molar-refractivity contribution in [2.24, 2.45) is 11.3 Å². The number of amides is 1. The van der Waals surface area contributed by atoms with Crippen LogP contribution in [0.2, 0.25) is 0 Å². The highest BCUT2D eigenvalue weighted by molar-refractivity contribution is 5.95. The fourth-order valence-corrected chi connectivity index (χ4v) is 2.31. The molecule has 0 bridgehead atoms. The van der Waals surface area contributed by atoms with Crippen LogP contribution in [-0.4, -0.2) is 29.2 Å². The number of nitrogens with one attached hydrogen (secondary N) is 3. The number of carbonyl (C=O) groups is 1. The van der Waals surface area contributed by atoms with E-state index in [0.717, 1.165) is 13.0 Å². The molecule has 1 saturated heterocycles. The van der Waals surface area contributed by atoms with Gasteiger partial charge in [-0.1, -0.05) is 13.8 Å². The molecule has 1 atom stereocenters. The Morgan fingerprint density at radius 3 is 2.78 bits per heavy atom. The van der Waals surface area contributed by atoms with Crippen LogP contribution in [0.3, 0.4) is 0 Å². The lowest BCUT2D eigenvalue weighted by Gasteiger charge is -2.30. The zero-order chi connectivity index (χ0) is 13.2. The van der Waals surface area contributed by atoms with E-state index in [9.17, 15) is 9.59 Å². The van der Waals surface area contributed by atoms with Crippen LogP contribution >= 0.6 is 0 Å². The molecule has 2 rings (SSSR count). The first-order valence-corrected chi connectivity index (χ1v) is 6.12. The van der Waals surface area contributed by atoms with Crippen LogP contribution in [0, 0.1) is 11.3 Å².